The van der Waals surface area contributed by atoms with Crippen LogP contribution in [0.15, 0.2) is 63.2 Å². The number of hydrogen-bond donors (Lipinski definition) is 1. The molecule has 2 aromatic carbocycles. The molecule has 3 rings (SSSR count). The van der Waals surface area contributed by atoms with E-state index in [0.29, 0.717) is 38.5 Å². The molecule has 0 saturated heterocycles. The number of nitrogens with one attached hydrogen (secondary N) is 1. The highest BCUT2D eigenvalue weighted by molar-refractivity contribution is 9.10. The van der Waals surface area contributed by atoms with Crippen molar-refractivity contribution >= 4 is 33.2 Å². The highest BCUT2D eigenvalue weighted by atomic mass is 79.9. The van der Waals surface area contributed by atoms with Crippen molar-refractivity contribution in [3.05, 3.63) is 81.0 Å². The van der Waals surface area contributed by atoms with Gasteiger partial charge in [0.2, 0.25) is 0 Å². The van der Waals surface area contributed by atoms with E-state index in [-0.39, 0.29) is 5.91 Å². The fraction of sp³-hybridized carbons (Fsp3) is 0.227. The van der Waals surface area contributed by atoms with Gasteiger partial charge in [0.05, 0.1) is 30.0 Å². The molecule has 0 saturated carbocycles. The molecular weight excluding hydrogens is 437 g/mol. The summed E-state index contributed by atoms with van der Waals surface area (Å²) in [6.07, 6.45) is 0. The Morgan fingerprint density at radius 3 is 2.66 bits per heavy atom. The first-order chi connectivity index (χ1) is 13.9. The van der Waals surface area contributed by atoms with Crippen LogP contribution in [-0.4, -0.2) is 24.8 Å². The van der Waals surface area contributed by atoms with Crippen LogP contribution in [-0.2, 0) is 4.79 Å². The highest BCUT2D eigenvalue weighted by Gasteiger charge is 2.42. The summed E-state index contributed by atoms with van der Waals surface area (Å²) in [5.41, 5.74) is 2.69. The summed E-state index contributed by atoms with van der Waals surface area (Å²) in [7, 11) is 1.53. The Labute approximate surface area is 177 Å². The number of amides is 1. The number of nitrogens with zero attached hydrogens (tertiary/aromatic N) is 2. The van der Waals surface area contributed by atoms with E-state index in [1.54, 1.807) is 44.2 Å². The van der Waals surface area contributed by atoms with Crippen molar-refractivity contribution in [1.82, 2.24) is 0 Å². The van der Waals surface area contributed by atoms with Crippen LogP contribution >= 0.6 is 15.9 Å². The maximum atomic E-state index is 13.7. The van der Waals surface area contributed by atoms with Gasteiger partial charge in [-0.3, -0.25) is 9.79 Å². The largest absolute Gasteiger partial charge is 0.495 e. The smallest absolute Gasteiger partial charge is 0.272 e. The second-order valence-electron chi connectivity index (χ2n) is 6.62. The Morgan fingerprint density at radius 1 is 1.28 bits per heavy atom. The van der Waals surface area contributed by atoms with Gasteiger partial charge in [-0.15, -0.1) is 0 Å². The van der Waals surface area contributed by atoms with Crippen LogP contribution in [0.3, 0.4) is 0 Å². The van der Waals surface area contributed by atoms with Crippen molar-refractivity contribution < 1.29 is 13.9 Å². The lowest BCUT2D eigenvalue weighted by molar-refractivity contribution is -0.113. The number of hydrogen-bond acceptors (Lipinski definition) is 3. The van der Waals surface area contributed by atoms with Crippen LogP contribution in [0.2, 0.25) is 0 Å². The number of anilines is 1. The van der Waals surface area contributed by atoms with Gasteiger partial charge in [0.25, 0.3) is 11.9 Å². The molecule has 0 bridgehead atoms. The number of ether oxygens (including phenoxy) is 1. The lowest BCUT2D eigenvalue weighted by Crippen LogP contribution is -2.34. The number of para-hydroxylation sites is 2. The molecule has 29 heavy (non-hydrogen) atoms. The lowest BCUT2D eigenvalue weighted by Gasteiger charge is -2.27. The van der Waals surface area contributed by atoms with Gasteiger partial charge in [0.15, 0.2) is 0 Å². The van der Waals surface area contributed by atoms with Gasteiger partial charge in [0.1, 0.15) is 11.6 Å². The third-order valence-corrected chi connectivity index (χ3v) is 5.51. The summed E-state index contributed by atoms with van der Waals surface area (Å²) >= 11 is 3.39. The van der Waals surface area contributed by atoms with Crippen molar-refractivity contribution in [2.45, 2.75) is 25.8 Å². The Kier molecular flexibility index (Phi) is 6.14. The molecule has 7 heteroatoms. The molecule has 1 N–H and O–H groups in total. The summed E-state index contributed by atoms with van der Waals surface area (Å²) in [5, 5.41) is 2.87. The van der Waals surface area contributed by atoms with Gasteiger partial charge >= 0.3 is 0 Å². The molecule has 5 nitrogen and oxygen atoms in total. The topological polar surface area (TPSA) is 55.0 Å². The number of aliphatic imine (C=N–C) groups is 1. The molecule has 0 fully saturated rings. The zero-order valence-corrected chi connectivity index (χ0v) is 17.7. The van der Waals surface area contributed by atoms with Gasteiger partial charge in [-0.05, 0) is 43.7 Å². The molecule has 1 heterocycles. The average Bonchev–Trinajstić information content (AvgIpc) is 2.68. The zero-order chi connectivity index (χ0) is 21.1. The van der Waals surface area contributed by atoms with Crippen molar-refractivity contribution in [1.29, 1.82) is 0 Å². The molecule has 0 aliphatic carbocycles. The first-order valence-corrected chi connectivity index (χ1v) is 9.68. The van der Waals surface area contributed by atoms with Gasteiger partial charge in [0, 0.05) is 10.2 Å². The normalized spacial score (nSPS) is 18.7. The standard InChI is InChI=1S/C22H19BrFN3O2/c1-12-19(22(28)27-17-7-5-6-8-18(17)29-4)20(21(25-3)13(2)26-12)15-10-9-14(24)11-16(15)23/h5-11,20-21H,1-2,4H3,(H,27,28). The minimum absolute atomic E-state index is 0.370. The first kappa shape index (κ1) is 20.7. The Bertz CT molecular complexity index is 1070. The van der Waals surface area contributed by atoms with Gasteiger partial charge in [-0.25, -0.2) is 11.0 Å². The minimum atomic E-state index is -0.668. The van der Waals surface area contributed by atoms with Crippen LogP contribution in [0.25, 0.3) is 4.85 Å². The van der Waals surface area contributed by atoms with Crippen LogP contribution < -0.4 is 10.1 Å². The molecule has 2 aromatic rings. The van der Waals surface area contributed by atoms with Crippen molar-refractivity contribution in [2.24, 2.45) is 4.99 Å². The van der Waals surface area contributed by atoms with E-state index in [4.69, 9.17) is 11.3 Å². The number of benzene rings is 2. The van der Waals surface area contributed by atoms with Crippen LogP contribution in [0, 0.1) is 12.4 Å². The van der Waals surface area contributed by atoms with E-state index < -0.39 is 17.8 Å². The number of allylic oxidation sites excluding steroid dienone is 1. The average molecular weight is 456 g/mol. The van der Waals surface area contributed by atoms with Gasteiger partial charge < -0.3 is 14.9 Å². The molecule has 1 aliphatic heterocycles. The van der Waals surface area contributed by atoms with Gasteiger partial charge in [-0.1, -0.05) is 34.1 Å². The van der Waals surface area contributed by atoms with Gasteiger partial charge in [-0.2, -0.15) is 0 Å². The fourth-order valence-electron chi connectivity index (χ4n) is 3.51. The Balaban J connectivity index is 2.10. The Hall–Kier alpha value is -2.98. The lowest BCUT2D eigenvalue weighted by atomic mass is 9.80. The van der Waals surface area contributed by atoms with Crippen LogP contribution in [0.5, 0.6) is 5.75 Å². The maximum absolute atomic E-state index is 13.7. The molecule has 2 unspecified atom stereocenters. The minimum Gasteiger partial charge on any atom is -0.495 e. The Morgan fingerprint density at radius 2 is 2.00 bits per heavy atom. The van der Waals surface area contributed by atoms with Crippen LogP contribution in [0.4, 0.5) is 10.1 Å². The molecular formula is C22H19BrFN3O2. The third-order valence-electron chi connectivity index (χ3n) is 4.83. The predicted octanol–water partition coefficient (Wildman–Crippen LogP) is 5.36. The van der Waals surface area contributed by atoms with E-state index in [9.17, 15) is 9.18 Å². The number of carbonyl (C=O) groups excluding carboxylic acids is 1. The number of halogens is 2. The summed E-state index contributed by atoms with van der Waals surface area (Å²) in [6.45, 7) is 11.2. The van der Waals surface area contributed by atoms with E-state index in [1.165, 1.54) is 19.2 Å². The molecule has 0 radical (unpaired) electrons. The quantitative estimate of drug-likeness (QED) is 0.631. The summed E-state index contributed by atoms with van der Waals surface area (Å²) in [4.78, 5) is 21.5. The van der Waals surface area contributed by atoms with Crippen molar-refractivity contribution in [2.75, 3.05) is 12.4 Å². The fourth-order valence-corrected chi connectivity index (χ4v) is 4.10. The highest BCUT2D eigenvalue weighted by Crippen LogP contribution is 2.40. The molecule has 2 atom stereocenters. The summed E-state index contributed by atoms with van der Waals surface area (Å²) in [6, 6.07) is 10.7. The maximum Gasteiger partial charge on any atom is 0.272 e. The van der Waals surface area contributed by atoms with Crippen molar-refractivity contribution in [3.63, 3.8) is 0 Å². The van der Waals surface area contributed by atoms with E-state index in [1.807, 2.05) is 0 Å². The summed E-state index contributed by atoms with van der Waals surface area (Å²) in [5.74, 6) is -0.842. The predicted molar refractivity (Wildman–Crippen MR) is 115 cm³/mol. The monoisotopic (exact) mass is 455 g/mol. The zero-order valence-electron chi connectivity index (χ0n) is 16.2. The summed E-state index contributed by atoms with van der Waals surface area (Å²) < 4.78 is 19.5. The number of rotatable bonds is 4. The molecule has 0 aromatic heterocycles. The van der Waals surface area contributed by atoms with E-state index in [0.717, 1.165) is 0 Å². The number of methoxy groups -OCH3 is 1. The van der Waals surface area contributed by atoms with Crippen molar-refractivity contribution in [3.8, 4) is 5.75 Å². The molecule has 0 spiro atoms. The molecule has 1 aliphatic rings. The number of carbonyl (C=O) groups is 1. The van der Waals surface area contributed by atoms with E-state index >= 15 is 0 Å². The second kappa shape index (κ2) is 8.58. The molecule has 148 valence electrons. The SMILES string of the molecule is [C-]#[N+]C1C(C)=NC(C)=C(C(=O)Nc2ccccc2OC)C1c1ccc(F)cc1Br. The van der Waals surface area contributed by atoms with E-state index in [2.05, 4.69) is 31.1 Å². The first-order valence-electron chi connectivity index (χ1n) is 8.89. The third kappa shape index (κ3) is 4.08. The molecule has 1 amide bonds. The van der Waals surface area contributed by atoms with Crippen LogP contribution in [0.1, 0.15) is 25.3 Å². The second-order valence-corrected chi connectivity index (χ2v) is 7.48.